The summed E-state index contributed by atoms with van der Waals surface area (Å²) in [5.41, 5.74) is 9.76. The number of aromatic amines is 1. The Balaban J connectivity index is 1.71. The van der Waals surface area contributed by atoms with E-state index in [1.165, 1.54) is 44.5 Å². The van der Waals surface area contributed by atoms with Gasteiger partial charge in [0.2, 0.25) is 0 Å². The van der Waals surface area contributed by atoms with Gasteiger partial charge in [-0.05, 0) is 82.4 Å². The standard InChI is InChI=1S/C22H31N5O/c1-2-18-20-21(25-24-18)17-15-16(7-5-13-26-11-3-4-12-26)8-9-19(17)27(22(20)28)14-6-10-23/h8-9,15H,2-7,10-14,23H2,1H3,(H,24,25). The molecule has 0 amide bonds. The normalized spacial score (nSPS) is 15.2. The van der Waals surface area contributed by atoms with Crippen molar-refractivity contribution >= 4 is 21.8 Å². The van der Waals surface area contributed by atoms with Gasteiger partial charge >= 0.3 is 0 Å². The lowest BCUT2D eigenvalue weighted by atomic mass is 10.0. The molecule has 0 spiro atoms. The number of aromatic nitrogens is 3. The lowest BCUT2D eigenvalue weighted by Gasteiger charge is -2.15. The van der Waals surface area contributed by atoms with Crippen LogP contribution in [0, 0.1) is 0 Å². The zero-order valence-corrected chi connectivity index (χ0v) is 16.8. The number of nitrogens with one attached hydrogen (secondary N) is 1. The number of pyridine rings is 1. The van der Waals surface area contributed by atoms with Crippen LogP contribution in [0.3, 0.4) is 0 Å². The molecule has 3 aromatic rings. The molecule has 3 N–H and O–H groups in total. The molecule has 0 aliphatic carbocycles. The van der Waals surface area contributed by atoms with Crippen molar-refractivity contribution in [3.05, 3.63) is 39.8 Å². The van der Waals surface area contributed by atoms with Gasteiger partial charge < -0.3 is 15.2 Å². The van der Waals surface area contributed by atoms with Crippen molar-refractivity contribution in [3.8, 4) is 0 Å². The molecule has 150 valence electrons. The summed E-state index contributed by atoms with van der Waals surface area (Å²) in [6, 6.07) is 6.50. The molecule has 0 radical (unpaired) electrons. The third-order valence-corrected chi connectivity index (χ3v) is 5.99. The number of aryl methyl sites for hydroxylation is 3. The van der Waals surface area contributed by atoms with Crippen LogP contribution in [0.2, 0.25) is 0 Å². The highest BCUT2D eigenvalue weighted by Gasteiger charge is 2.17. The van der Waals surface area contributed by atoms with Crippen molar-refractivity contribution in [2.24, 2.45) is 5.73 Å². The number of fused-ring (bicyclic) bond motifs is 3. The first-order valence-corrected chi connectivity index (χ1v) is 10.7. The summed E-state index contributed by atoms with van der Waals surface area (Å²) >= 11 is 0. The van der Waals surface area contributed by atoms with Gasteiger partial charge in [-0.1, -0.05) is 13.0 Å². The van der Waals surface area contributed by atoms with Crippen LogP contribution in [0.4, 0.5) is 0 Å². The zero-order chi connectivity index (χ0) is 19.5. The van der Waals surface area contributed by atoms with Crippen molar-refractivity contribution in [1.82, 2.24) is 19.7 Å². The highest BCUT2D eigenvalue weighted by atomic mass is 16.1. The second-order valence-corrected chi connectivity index (χ2v) is 7.88. The van der Waals surface area contributed by atoms with Crippen LogP contribution in [0.5, 0.6) is 0 Å². The van der Waals surface area contributed by atoms with Crippen LogP contribution in [-0.2, 0) is 19.4 Å². The summed E-state index contributed by atoms with van der Waals surface area (Å²) in [7, 11) is 0. The Labute approximate surface area is 165 Å². The fourth-order valence-electron chi connectivity index (χ4n) is 4.45. The molecule has 1 saturated heterocycles. The predicted octanol–water partition coefficient (Wildman–Crippen LogP) is 2.82. The number of hydrogen-bond acceptors (Lipinski definition) is 4. The third kappa shape index (κ3) is 3.59. The molecule has 0 unspecified atom stereocenters. The van der Waals surface area contributed by atoms with E-state index >= 15 is 0 Å². The number of H-pyrrole nitrogens is 1. The molecule has 2 aromatic heterocycles. The van der Waals surface area contributed by atoms with Crippen LogP contribution in [-0.4, -0.2) is 45.8 Å². The molecule has 4 rings (SSSR count). The Morgan fingerprint density at radius 2 is 2.00 bits per heavy atom. The van der Waals surface area contributed by atoms with Gasteiger partial charge in [0.05, 0.1) is 10.9 Å². The maximum Gasteiger partial charge on any atom is 0.262 e. The van der Waals surface area contributed by atoms with E-state index in [0.29, 0.717) is 13.1 Å². The Kier molecular flexibility index (Phi) is 5.78. The van der Waals surface area contributed by atoms with Gasteiger partial charge in [0.1, 0.15) is 5.52 Å². The summed E-state index contributed by atoms with van der Waals surface area (Å²) in [5.74, 6) is 0. The minimum absolute atomic E-state index is 0.0448. The monoisotopic (exact) mass is 381 g/mol. The zero-order valence-electron chi connectivity index (χ0n) is 16.8. The Bertz CT molecular complexity index is 1010. The first kappa shape index (κ1) is 19.2. The molecular weight excluding hydrogens is 350 g/mol. The Morgan fingerprint density at radius 3 is 2.75 bits per heavy atom. The van der Waals surface area contributed by atoms with Crippen LogP contribution in [0.25, 0.3) is 21.8 Å². The summed E-state index contributed by atoms with van der Waals surface area (Å²) in [5, 5.41) is 9.41. The maximum atomic E-state index is 13.1. The smallest absolute Gasteiger partial charge is 0.262 e. The highest BCUT2D eigenvalue weighted by molar-refractivity contribution is 6.04. The molecule has 1 aliphatic rings. The van der Waals surface area contributed by atoms with E-state index < -0.39 is 0 Å². The summed E-state index contributed by atoms with van der Waals surface area (Å²) in [4.78, 5) is 15.7. The van der Waals surface area contributed by atoms with Crippen molar-refractivity contribution in [3.63, 3.8) is 0 Å². The minimum Gasteiger partial charge on any atom is -0.330 e. The van der Waals surface area contributed by atoms with E-state index in [1.807, 2.05) is 4.57 Å². The molecular formula is C22H31N5O. The quantitative estimate of drug-likeness (QED) is 0.629. The second kappa shape index (κ2) is 8.45. The van der Waals surface area contributed by atoms with E-state index in [1.54, 1.807) is 0 Å². The third-order valence-electron chi connectivity index (χ3n) is 5.99. The number of nitrogens with two attached hydrogens (primary N) is 1. The fourth-order valence-corrected chi connectivity index (χ4v) is 4.45. The van der Waals surface area contributed by atoms with Gasteiger partial charge in [0, 0.05) is 17.6 Å². The Hall–Kier alpha value is -2.18. The van der Waals surface area contributed by atoms with Crippen LogP contribution in [0.1, 0.15) is 43.9 Å². The van der Waals surface area contributed by atoms with Gasteiger partial charge in [-0.2, -0.15) is 5.10 Å². The number of benzene rings is 1. The fraction of sp³-hybridized carbons (Fsp3) is 0.545. The topological polar surface area (TPSA) is 79.9 Å². The van der Waals surface area contributed by atoms with E-state index in [2.05, 4.69) is 40.2 Å². The van der Waals surface area contributed by atoms with Crippen LogP contribution < -0.4 is 11.3 Å². The number of hydrogen-bond donors (Lipinski definition) is 2. The van der Waals surface area contributed by atoms with Crippen molar-refractivity contribution in [1.29, 1.82) is 0 Å². The molecule has 0 atom stereocenters. The first-order valence-electron chi connectivity index (χ1n) is 10.7. The van der Waals surface area contributed by atoms with Gasteiger partial charge in [-0.15, -0.1) is 0 Å². The molecule has 1 aromatic carbocycles. The molecule has 3 heterocycles. The molecule has 1 fully saturated rings. The number of rotatable bonds is 8. The van der Waals surface area contributed by atoms with Gasteiger partial charge in [-0.25, -0.2) is 0 Å². The van der Waals surface area contributed by atoms with Gasteiger partial charge in [0.25, 0.3) is 5.56 Å². The molecule has 28 heavy (non-hydrogen) atoms. The van der Waals surface area contributed by atoms with Crippen molar-refractivity contribution in [2.75, 3.05) is 26.2 Å². The largest absolute Gasteiger partial charge is 0.330 e. The van der Waals surface area contributed by atoms with E-state index in [4.69, 9.17) is 5.73 Å². The minimum atomic E-state index is 0.0448. The summed E-state index contributed by atoms with van der Waals surface area (Å²) < 4.78 is 1.88. The van der Waals surface area contributed by atoms with E-state index in [0.717, 1.165) is 46.8 Å². The highest BCUT2D eigenvalue weighted by Crippen LogP contribution is 2.25. The first-order chi connectivity index (χ1) is 13.7. The lowest BCUT2D eigenvalue weighted by Crippen LogP contribution is -2.23. The van der Waals surface area contributed by atoms with Crippen molar-refractivity contribution < 1.29 is 0 Å². The second-order valence-electron chi connectivity index (χ2n) is 7.88. The summed E-state index contributed by atoms with van der Waals surface area (Å²) in [6.07, 6.45) is 6.46. The molecule has 6 nitrogen and oxygen atoms in total. The SMILES string of the molecule is CCc1[nH]nc2c1c(=O)n(CCCN)c1ccc(CCCN3CCCC3)cc21. The van der Waals surface area contributed by atoms with E-state index in [-0.39, 0.29) is 5.56 Å². The van der Waals surface area contributed by atoms with E-state index in [9.17, 15) is 4.79 Å². The average Bonchev–Trinajstić information content (AvgIpc) is 3.38. The predicted molar refractivity (Wildman–Crippen MR) is 115 cm³/mol. The molecule has 6 heteroatoms. The molecule has 0 saturated carbocycles. The summed E-state index contributed by atoms with van der Waals surface area (Å²) in [6.45, 7) is 6.94. The number of likely N-dealkylation sites (tertiary alicyclic amines) is 1. The number of nitrogens with zero attached hydrogens (tertiary/aromatic N) is 3. The van der Waals surface area contributed by atoms with Crippen LogP contribution in [0.15, 0.2) is 23.0 Å². The van der Waals surface area contributed by atoms with Gasteiger partial charge in [0.15, 0.2) is 0 Å². The van der Waals surface area contributed by atoms with Gasteiger partial charge in [-0.3, -0.25) is 9.89 Å². The average molecular weight is 382 g/mol. The molecule has 1 aliphatic heterocycles. The Morgan fingerprint density at radius 1 is 1.18 bits per heavy atom. The van der Waals surface area contributed by atoms with Crippen LogP contribution >= 0.6 is 0 Å². The molecule has 0 bridgehead atoms. The lowest BCUT2D eigenvalue weighted by molar-refractivity contribution is 0.334. The maximum absolute atomic E-state index is 13.1. The van der Waals surface area contributed by atoms with Crippen molar-refractivity contribution in [2.45, 2.75) is 52.0 Å².